The number of aliphatic hydroxyl groups is 1. The van der Waals surface area contributed by atoms with Crippen LogP contribution in [0.25, 0.3) is 0 Å². The van der Waals surface area contributed by atoms with Crippen molar-refractivity contribution < 1.29 is 5.11 Å². The Morgan fingerprint density at radius 3 is 2.55 bits per heavy atom. The highest BCUT2D eigenvalue weighted by atomic mass is 35.5. The second kappa shape index (κ2) is 6.37. The maximum atomic E-state index is 10.7. The quantitative estimate of drug-likeness (QED) is 0.833. The highest BCUT2D eigenvalue weighted by Gasteiger charge is 2.35. The average Bonchev–Trinajstić information content (AvgIpc) is 2.99. The standard InChI is InChI=1S/C15H20ClN3O/c1-15(2,9-16)14(20)13(19-11-17-10-18-19)8-12-6-4-3-5-7-12/h3-7,10-11,13-14,20H,8-9H2,1-2H3. The second-order valence-corrected chi connectivity index (χ2v) is 5.97. The van der Waals surface area contributed by atoms with E-state index in [9.17, 15) is 5.11 Å². The molecule has 0 aliphatic heterocycles. The normalized spacial score (nSPS) is 15.0. The highest BCUT2D eigenvalue weighted by molar-refractivity contribution is 6.18. The topological polar surface area (TPSA) is 50.9 Å². The van der Waals surface area contributed by atoms with Crippen LogP contribution in [0.4, 0.5) is 0 Å². The van der Waals surface area contributed by atoms with E-state index in [-0.39, 0.29) is 6.04 Å². The van der Waals surface area contributed by atoms with Crippen LogP contribution in [-0.4, -0.2) is 31.9 Å². The molecule has 0 spiro atoms. The number of aliphatic hydroxyl groups excluding tert-OH is 1. The SMILES string of the molecule is CC(C)(CCl)C(O)C(Cc1ccccc1)n1cncn1. The maximum absolute atomic E-state index is 10.7. The number of alkyl halides is 1. The number of benzene rings is 1. The molecule has 1 heterocycles. The molecule has 5 heteroatoms. The first-order chi connectivity index (χ1) is 9.54. The van der Waals surface area contributed by atoms with Crippen molar-refractivity contribution in [1.29, 1.82) is 0 Å². The molecule has 0 fully saturated rings. The van der Waals surface area contributed by atoms with Gasteiger partial charge in [0, 0.05) is 11.3 Å². The van der Waals surface area contributed by atoms with Gasteiger partial charge in [-0.1, -0.05) is 44.2 Å². The van der Waals surface area contributed by atoms with Crippen LogP contribution in [0.3, 0.4) is 0 Å². The number of nitrogens with zero attached hydrogens (tertiary/aromatic N) is 3. The van der Waals surface area contributed by atoms with Gasteiger partial charge in [-0.25, -0.2) is 9.67 Å². The molecule has 2 atom stereocenters. The van der Waals surface area contributed by atoms with Gasteiger partial charge in [-0.05, 0) is 12.0 Å². The van der Waals surface area contributed by atoms with E-state index in [2.05, 4.69) is 10.1 Å². The fourth-order valence-electron chi connectivity index (χ4n) is 2.19. The third kappa shape index (κ3) is 3.38. The summed E-state index contributed by atoms with van der Waals surface area (Å²) in [6.45, 7) is 3.92. The van der Waals surface area contributed by atoms with Crippen molar-refractivity contribution in [2.45, 2.75) is 32.4 Å². The summed E-state index contributed by atoms with van der Waals surface area (Å²) in [5.41, 5.74) is 0.755. The van der Waals surface area contributed by atoms with Gasteiger partial charge in [0.2, 0.25) is 0 Å². The first-order valence-corrected chi connectivity index (χ1v) is 7.20. The lowest BCUT2D eigenvalue weighted by Crippen LogP contribution is -2.40. The summed E-state index contributed by atoms with van der Waals surface area (Å²) >= 11 is 5.99. The van der Waals surface area contributed by atoms with Crippen LogP contribution < -0.4 is 0 Å². The first kappa shape index (κ1) is 15.0. The predicted molar refractivity (Wildman–Crippen MR) is 79.7 cm³/mol. The van der Waals surface area contributed by atoms with E-state index in [1.54, 1.807) is 11.0 Å². The van der Waals surface area contributed by atoms with Crippen molar-refractivity contribution in [1.82, 2.24) is 14.8 Å². The molecule has 0 aliphatic rings. The average molecular weight is 294 g/mol. The second-order valence-electron chi connectivity index (χ2n) is 5.70. The fourth-order valence-corrected chi connectivity index (χ4v) is 2.35. The molecule has 0 saturated heterocycles. The van der Waals surface area contributed by atoms with Gasteiger partial charge in [-0.3, -0.25) is 0 Å². The predicted octanol–water partition coefficient (Wildman–Crippen LogP) is 2.69. The van der Waals surface area contributed by atoms with Crippen molar-refractivity contribution in [2.75, 3.05) is 5.88 Å². The van der Waals surface area contributed by atoms with Crippen molar-refractivity contribution in [3.05, 3.63) is 48.5 Å². The number of rotatable bonds is 6. The molecule has 4 nitrogen and oxygen atoms in total. The zero-order valence-electron chi connectivity index (χ0n) is 11.8. The van der Waals surface area contributed by atoms with E-state index in [0.29, 0.717) is 12.3 Å². The lowest BCUT2D eigenvalue weighted by atomic mass is 9.82. The Morgan fingerprint density at radius 2 is 2.00 bits per heavy atom. The van der Waals surface area contributed by atoms with Crippen LogP contribution in [0, 0.1) is 5.41 Å². The Morgan fingerprint density at radius 1 is 1.30 bits per heavy atom. The zero-order valence-corrected chi connectivity index (χ0v) is 12.5. The minimum Gasteiger partial charge on any atom is -0.390 e. The summed E-state index contributed by atoms with van der Waals surface area (Å²) in [4.78, 5) is 3.98. The van der Waals surface area contributed by atoms with Gasteiger partial charge < -0.3 is 5.11 Å². The van der Waals surface area contributed by atoms with Crippen molar-refractivity contribution in [3.63, 3.8) is 0 Å². The molecule has 0 aliphatic carbocycles. The van der Waals surface area contributed by atoms with E-state index < -0.39 is 11.5 Å². The van der Waals surface area contributed by atoms with E-state index >= 15 is 0 Å². The molecule has 1 aromatic heterocycles. The molecule has 0 amide bonds. The monoisotopic (exact) mass is 293 g/mol. The summed E-state index contributed by atoms with van der Waals surface area (Å²) in [5, 5.41) is 14.9. The molecular formula is C15H20ClN3O. The summed E-state index contributed by atoms with van der Waals surface area (Å²) in [7, 11) is 0. The number of aromatic nitrogens is 3. The molecule has 0 saturated carbocycles. The van der Waals surface area contributed by atoms with Gasteiger partial charge in [0.1, 0.15) is 12.7 Å². The smallest absolute Gasteiger partial charge is 0.137 e. The molecule has 0 radical (unpaired) electrons. The van der Waals surface area contributed by atoms with Crippen molar-refractivity contribution in [2.24, 2.45) is 5.41 Å². The zero-order chi connectivity index (χ0) is 14.6. The minimum absolute atomic E-state index is 0.186. The van der Waals surface area contributed by atoms with Gasteiger partial charge in [-0.2, -0.15) is 5.10 Å². The molecule has 2 aromatic rings. The number of hydrogen-bond donors (Lipinski definition) is 1. The Hall–Kier alpha value is -1.39. The number of halogens is 1. The third-order valence-electron chi connectivity index (χ3n) is 3.57. The Kier molecular flexibility index (Phi) is 4.78. The van der Waals surface area contributed by atoms with Crippen LogP contribution in [0.5, 0.6) is 0 Å². The van der Waals surface area contributed by atoms with Gasteiger partial charge >= 0.3 is 0 Å². The maximum Gasteiger partial charge on any atom is 0.137 e. The molecule has 2 rings (SSSR count). The van der Waals surface area contributed by atoms with Crippen LogP contribution in [-0.2, 0) is 6.42 Å². The third-order valence-corrected chi connectivity index (χ3v) is 4.26. The summed E-state index contributed by atoms with van der Waals surface area (Å²) < 4.78 is 1.71. The van der Waals surface area contributed by atoms with E-state index in [1.165, 1.54) is 6.33 Å². The summed E-state index contributed by atoms with van der Waals surface area (Å²) in [6.07, 6.45) is 3.20. The van der Waals surface area contributed by atoms with Gasteiger partial charge in [0.25, 0.3) is 0 Å². The Bertz CT molecular complexity index is 513. The Labute approximate surface area is 124 Å². The molecule has 1 aromatic carbocycles. The molecule has 20 heavy (non-hydrogen) atoms. The summed E-state index contributed by atoms with van der Waals surface area (Å²) in [5.74, 6) is 0.383. The van der Waals surface area contributed by atoms with Crippen molar-refractivity contribution in [3.8, 4) is 0 Å². The van der Waals surface area contributed by atoms with Gasteiger partial charge in [-0.15, -0.1) is 11.6 Å². The van der Waals surface area contributed by atoms with E-state index in [1.807, 2.05) is 44.2 Å². The van der Waals surface area contributed by atoms with E-state index in [0.717, 1.165) is 5.56 Å². The molecular weight excluding hydrogens is 274 g/mol. The van der Waals surface area contributed by atoms with Crippen LogP contribution >= 0.6 is 11.6 Å². The molecule has 2 unspecified atom stereocenters. The lowest BCUT2D eigenvalue weighted by molar-refractivity contribution is 0.0144. The van der Waals surface area contributed by atoms with Gasteiger partial charge in [0.15, 0.2) is 0 Å². The van der Waals surface area contributed by atoms with E-state index in [4.69, 9.17) is 11.6 Å². The molecule has 0 bridgehead atoms. The minimum atomic E-state index is -0.609. The van der Waals surface area contributed by atoms with Crippen LogP contribution in [0.15, 0.2) is 43.0 Å². The summed E-state index contributed by atoms with van der Waals surface area (Å²) in [6, 6.07) is 9.87. The highest BCUT2D eigenvalue weighted by Crippen LogP contribution is 2.31. The van der Waals surface area contributed by atoms with Crippen LogP contribution in [0.2, 0.25) is 0 Å². The largest absolute Gasteiger partial charge is 0.390 e. The molecule has 1 N–H and O–H groups in total. The van der Waals surface area contributed by atoms with Gasteiger partial charge in [0.05, 0.1) is 12.1 Å². The Balaban J connectivity index is 2.26. The van der Waals surface area contributed by atoms with Crippen molar-refractivity contribution >= 4 is 11.6 Å². The number of hydrogen-bond acceptors (Lipinski definition) is 3. The molecule has 108 valence electrons. The fraction of sp³-hybridized carbons (Fsp3) is 0.467. The first-order valence-electron chi connectivity index (χ1n) is 6.66. The lowest BCUT2D eigenvalue weighted by Gasteiger charge is -2.34. The van der Waals surface area contributed by atoms with Crippen LogP contribution in [0.1, 0.15) is 25.5 Å².